The van der Waals surface area contributed by atoms with Gasteiger partial charge in [0.2, 0.25) is 0 Å². The lowest BCUT2D eigenvalue weighted by Crippen LogP contribution is -2.30. The molecule has 0 spiro atoms. The van der Waals surface area contributed by atoms with Crippen molar-refractivity contribution in [3.63, 3.8) is 0 Å². The maximum atomic E-state index is 12.4. The van der Waals surface area contributed by atoms with Crippen molar-refractivity contribution in [2.45, 2.75) is 19.8 Å². The van der Waals surface area contributed by atoms with Gasteiger partial charge in [0, 0.05) is 32.9 Å². The molecule has 1 saturated carbocycles. The summed E-state index contributed by atoms with van der Waals surface area (Å²) in [4.78, 5) is 14.1. The molecule has 1 aliphatic carbocycles. The van der Waals surface area contributed by atoms with Gasteiger partial charge in [0.1, 0.15) is 0 Å². The van der Waals surface area contributed by atoms with Crippen LogP contribution in [0.2, 0.25) is 0 Å². The van der Waals surface area contributed by atoms with Crippen LogP contribution in [0.15, 0.2) is 18.2 Å². The Morgan fingerprint density at radius 2 is 2.20 bits per heavy atom. The first-order chi connectivity index (χ1) is 9.61. The molecule has 0 heterocycles. The minimum absolute atomic E-state index is 0.0318. The van der Waals surface area contributed by atoms with Gasteiger partial charge < -0.3 is 15.0 Å². The van der Waals surface area contributed by atoms with Crippen LogP contribution in [0.3, 0.4) is 0 Å². The second-order valence-electron chi connectivity index (χ2n) is 5.54. The number of anilines is 1. The number of nitrogens with zero attached hydrogens (tertiary/aromatic N) is 1. The molecule has 0 radical (unpaired) electrons. The SMILES string of the molecule is CNc1cc(C)ccc1C(=O)N(C)CCOCC1CC1. The summed E-state index contributed by atoms with van der Waals surface area (Å²) < 4.78 is 5.58. The number of likely N-dealkylation sites (N-methyl/N-ethyl adjacent to an activating group) is 1. The van der Waals surface area contributed by atoms with Crippen molar-refractivity contribution in [1.82, 2.24) is 4.90 Å². The molecule has 0 bridgehead atoms. The van der Waals surface area contributed by atoms with Gasteiger partial charge in [-0.25, -0.2) is 0 Å². The Labute approximate surface area is 121 Å². The average molecular weight is 276 g/mol. The largest absolute Gasteiger partial charge is 0.387 e. The van der Waals surface area contributed by atoms with Crippen LogP contribution < -0.4 is 5.32 Å². The zero-order valence-corrected chi connectivity index (χ0v) is 12.6. The van der Waals surface area contributed by atoms with E-state index in [1.807, 2.05) is 39.2 Å². The van der Waals surface area contributed by atoms with Gasteiger partial charge >= 0.3 is 0 Å². The summed E-state index contributed by atoms with van der Waals surface area (Å²) in [5.74, 6) is 0.799. The van der Waals surface area contributed by atoms with Gasteiger partial charge in [-0.1, -0.05) is 6.07 Å². The third-order valence-electron chi connectivity index (χ3n) is 3.64. The van der Waals surface area contributed by atoms with Crippen LogP contribution in [0.25, 0.3) is 0 Å². The smallest absolute Gasteiger partial charge is 0.255 e. The minimum atomic E-state index is 0.0318. The van der Waals surface area contributed by atoms with E-state index >= 15 is 0 Å². The summed E-state index contributed by atoms with van der Waals surface area (Å²) in [6.07, 6.45) is 2.59. The van der Waals surface area contributed by atoms with Crippen LogP contribution in [0.5, 0.6) is 0 Å². The third-order valence-corrected chi connectivity index (χ3v) is 3.64. The summed E-state index contributed by atoms with van der Waals surface area (Å²) in [7, 11) is 3.66. The normalized spacial score (nSPS) is 14.2. The maximum absolute atomic E-state index is 12.4. The van der Waals surface area contributed by atoms with Crippen LogP contribution in [-0.2, 0) is 4.74 Å². The first-order valence-electron chi connectivity index (χ1n) is 7.23. The lowest BCUT2D eigenvalue weighted by molar-refractivity contribution is 0.0682. The first kappa shape index (κ1) is 14.9. The lowest BCUT2D eigenvalue weighted by atomic mass is 10.1. The fraction of sp³-hybridized carbons (Fsp3) is 0.562. The van der Waals surface area contributed by atoms with Crippen molar-refractivity contribution in [2.24, 2.45) is 5.92 Å². The van der Waals surface area contributed by atoms with Crippen LogP contribution >= 0.6 is 0 Å². The number of aryl methyl sites for hydroxylation is 1. The summed E-state index contributed by atoms with van der Waals surface area (Å²) in [6.45, 7) is 4.10. The molecule has 0 aliphatic heterocycles. The van der Waals surface area contributed by atoms with Crippen molar-refractivity contribution >= 4 is 11.6 Å². The first-order valence-corrected chi connectivity index (χ1v) is 7.23. The summed E-state index contributed by atoms with van der Waals surface area (Å²) in [5.41, 5.74) is 2.73. The molecular weight excluding hydrogens is 252 g/mol. The fourth-order valence-electron chi connectivity index (χ4n) is 2.09. The van der Waals surface area contributed by atoms with E-state index in [1.54, 1.807) is 4.90 Å². The minimum Gasteiger partial charge on any atom is -0.387 e. The van der Waals surface area contributed by atoms with E-state index in [2.05, 4.69) is 5.32 Å². The van der Waals surface area contributed by atoms with E-state index in [1.165, 1.54) is 12.8 Å². The highest BCUT2D eigenvalue weighted by Crippen LogP contribution is 2.28. The number of ether oxygens (including phenoxy) is 1. The maximum Gasteiger partial charge on any atom is 0.255 e. The summed E-state index contributed by atoms with van der Waals surface area (Å²) in [6, 6.07) is 5.83. The van der Waals surface area contributed by atoms with E-state index in [-0.39, 0.29) is 5.91 Å². The van der Waals surface area contributed by atoms with Gasteiger partial charge in [-0.15, -0.1) is 0 Å². The molecule has 20 heavy (non-hydrogen) atoms. The van der Waals surface area contributed by atoms with E-state index in [4.69, 9.17) is 4.74 Å². The monoisotopic (exact) mass is 276 g/mol. The summed E-state index contributed by atoms with van der Waals surface area (Å²) in [5, 5.41) is 3.08. The Kier molecular flexibility index (Phi) is 5.01. The number of hydrogen-bond acceptors (Lipinski definition) is 3. The quantitative estimate of drug-likeness (QED) is 0.778. The van der Waals surface area contributed by atoms with Crippen molar-refractivity contribution in [3.05, 3.63) is 29.3 Å². The van der Waals surface area contributed by atoms with Crippen molar-refractivity contribution in [2.75, 3.05) is 39.2 Å². The van der Waals surface area contributed by atoms with Gasteiger partial charge in [0.05, 0.1) is 12.2 Å². The molecule has 2 rings (SSSR count). The lowest BCUT2D eigenvalue weighted by Gasteiger charge is -2.19. The standard InChI is InChI=1S/C16H24N2O2/c1-12-4-7-14(15(10-12)17-2)16(19)18(3)8-9-20-11-13-5-6-13/h4,7,10,13,17H,5-6,8-9,11H2,1-3H3. The van der Waals surface area contributed by atoms with Gasteiger partial charge in [-0.2, -0.15) is 0 Å². The fourth-order valence-corrected chi connectivity index (χ4v) is 2.09. The van der Waals surface area contributed by atoms with Gasteiger partial charge in [-0.3, -0.25) is 4.79 Å². The third kappa shape index (κ3) is 3.97. The number of amides is 1. The van der Waals surface area contributed by atoms with E-state index in [0.29, 0.717) is 18.7 Å². The highest BCUT2D eigenvalue weighted by molar-refractivity contribution is 5.99. The molecule has 1 aromatic carbocycles. The van der Waals surface area contributed by atoms with E-state index < -0.39 is 0 Å². The van der Waals surface area contributed by atoms with Crippen molar-refractivity contribution in [1.29, 1.82) is 0 Å². The van der Waals surface area contributed by atoms with E-state index in [9.17, 15) is 4.79 Å². The molecule has 0 aromatic heterocycles. The molecule has 110 valence electrons. The molecule has 4 nitrogen and oxygen atoms in total. The molecular formula is C16H24N2O2. The molecule has 1 aromatic rings. The Morgan fingerprint density at radius 3 is 2.85 bits per heavy atom. The molecule has 1 fully saturated rings. The Morgan fingerprint density at radius 1 is 1.45 bits per heavy atom. The number of carbonyl (C=O) groups is 1. The zero-order valence-electron chi connectivity index (χ0n) is 12.6. The molecule has 1 aliphatic rings. The topological polar surface area (TPSA) is 41.6 Å². The zero-order chi connectivity index (χ0) is 14.5. The Hall–Kier alpha value is -1.55. The molecule has 4 heteroatoms. The van der Waals surface area contributed by atoms with Crippen molar-refractivity contribution < 1.29 is 9.53 Å². The highest BCUT2D eigenvalue weighted by Gasteiger charge is 2.21. The molecule has 1 amide bonds. The average Bonchev–Trinajstić information content (AvgIpc) is 3.26. The Bertz CT molecular complexity index is 470. The Balaban J connectivity index is 1.88. The highest BCUT2D eigenvalue weighted by atomic mass is 16.5. The predicted octanol–water partition coefficient (Wildman–Crippen LogP) is 2.54. The van der Waals surface area contributed by atoms with Crippen LogP contribution in [0, 0.1) is 12.8 Å². The molecule has 1 N–H and O–H groups in total. The number of benzene rings is 1. The molecule has 0 saturated heterocycles. The van der Waals surface area contributed by atoms with Gasteiger partial charge in [-0.05, 0) is 43.4 Å². The van der Waals surface area contributed by atoms with Crippen LogP contribution in [0.4, 0.5) is 5.69 Å². The van der Waals surface area contributed by atoms with Gasteiger partial charge in [0.15, 0.2) is 0 Å². The number of nitrogens with one attached hydrogen (secondary N) is 1. The second-order valence-corrected chi connectivity index (χ2v) is 5.54. The predicted molar refractivity (Wildman–Crippen MR) is 81.2 cm³/mol. The molecule has 0 atom stereocenters. The van der Waals surface area contributed by atoms with Gasteiger partial charge in [0.25, 0.3) is 5.91 Å². The van der Waals surface area contributed by atoms with Crippen LogP contribution in [-0.4, -0.2) is 44.7 Å². The number of rotatable bonds is 7. The van der Waals surface area contributed by atoms with Crippen LogP contribution in [0.1, 0.15) is 28.8 Å². The second kappa shape index (κ2) is 6.75. The van der Waals surface area contributed by atoms with Crippen molar-refractivity contribution in [3.8, 4) is 0 Å². The summed E-state index contributed by atoms with van der Waals surface area (Å²) >= 11 is 0. The number of carbonyl (C=O) groups excluding carboxylic acids is 1. The molecule has 0 unspecified atom stereocenters. The van der Waals surface area contributed by atoms with E-state index in [0.717, 1.165) is 23.8 Å². The number of hydrogen-bond donors (Lipinski definition) is 1.